The smallest absolute Gasteiger partial charge is 0.280 e. The van der Waals surface area contributed by atoms with Gasteiger partial charge in [-0.25, -0.2) is 4.98 Å². The summed E-state index contributed by atoms with van der Waals surface area (Å²) in [6.45, 7) is 8.74. The van der Waals surface area contributed by atoms with Gasteiger partial charge in [-0.2, -0.15) is 0 Å². The van der Waals surface area contributed by atoms with Crippen molar-refractivity contribution in [3.63, 3.8) is 0 Å². The lowest BCUT2D eigenvalue weighted by molar-refractivity contribution is -0.119. The number of hydrogen-bond acceptors (Lipinski definition) is 5. The standard InChI is InChI=1S/C33H34ClN5O3/c1-18(2)38-29-28(36-30(38)23-12-10-21(17-37(5)6)15-27(23)42-7)31(40)39(26-14-19(3)8-9-20(26)4)33(29)24-13-11-22(34)16-25(24)35-32(33)41/h8-16,18H,17H2,1-7H3,(H,35,41). The number of anilines is 2. The summed E-state index contributed by atoms with van der Waals surface area (Å²) in [7, 11) is 5.66. The Morgan fingerprint density at radius 2 is 1.81 bits per heavy atom. The van der Waals surface area contributed by atoms with E-state index in [4.69, 9.17) is 21.3 Å². The van der Waals surface area contributed by atoms with Crippen molar-refractivity contribution >= 4 is 34.8 Å². The second-order valence-electron chi connectivity index (χ2n) is 11.7. The fourth-order valence-corrected chi connectivity index (χ4v) is 6.52. The number of halogens is 1. The van der Waals surface area contributed by atoms with Crippen molar-refractivity contribution in [2.24, 2.45) is 0 Å². The molecule has 3 heterocycles. The number of amides is 2. The summed E-state index contributed by atoms with van der Waals surface area (Å²) in [5, 5.41) is 3.54. The SMILES string of the molecule is COc1cc(CN(C)C)ccc1-c1nc2c(n1C(C)C)C1(C(=O)Nc3cc(Cl)ccc31)N(c1cc(C)ccc1C)C2=O. The lowest BCUT2D eigenvalue weighted by atomic mass is 9.86. The second kappa shape index (κ2) is 10.00. The van der Waals surface area contributed by atoms with Crippen LogP contribution in [-0.2, 0) is 16.9 Å². The van der Waals surface area contributed by atoms with Gasteiger partial charge in [0, 0.05) is 34.5 Å². The van der Waals surface area contributed by atoms with E-state index in [0.717, 1.165) is 28.8 Å². The quantitative estimate of drug-likeness (QED) is 0.287. The summed E-state index contributed by atoms with van der Waals surface area (Å²) < 4.78 is 7.87. The average Bonchev–Trinajstić information content (AvgIpc) is 3.53. The molecule has 2 amide bonds. The Labute approximate surface area is 250 Å². The van der Waals surface area contributed by atoms with Gasteiger partial charge in [0.15, 0.2) is 11.2 Å². The highest BCUT2D eigenvalue weighted by atomic mass is 35.5. The van der Waals surface area contributed by atoms with Crippen LogP contribution in [0.3, 0.4) is 0 Å². The maximum absolute atomic E-state index is 14.6. The second-order valence-corrected chi connectivity index (χ2v) is 12.1. The zero-order chi connectivity index (χ0) is 30.1. The number of ether oxygens (including phenoxy) is 1. The van der Waals surface area contributed by atoms with E-state index >= 15 is 0 Å². The van der Waals surface area contributed by atoms with Crippen molar-refractivity contribution in [3.8, 4) is 17.1 Å². The molecule has 2 aliphatic heterocycles. The molecular weight excluding hydrogens is 550 g/mol. The molecule has 0 saturated carbocycles. The first kappa shape index (κ1) is 28.0. The van der Waals surface area contributed by atoms with E-state index in [1.165, 1.54) is 0 Å². The van der Waals surface area contributed by atoms with Crippen LogP contribution >= 0.6 is 11.6 Å². The molecule has 0 aliphatic carbocycles. The van der Waals surface area contributed by atoms with E-state index < -0.39 is 5.54 Å². The number of carbonyl (C=O) groups is 2. The van der Waals surface area contributed by atoms with Gasteiger partial charge in [-0.05, 0) is 88.8 Å². The van der Waals surface area contributed by atoms with Crippen molar-refractivity contribution in [3.05, 3.63) is 93.3 Å². The summed E-state index contributed by atoms with van der Waals surface area (Å²) in [6, 6.07) is 17.1. The molecule has 8 nitrogen and oxygen atoms in total. The molecule has 2 aliphatic rings. The van der Waals surface area contributed by atoms with Gasteiger partial charge in [-0.15, -0.1) is 0 Å². The zero-order valence-corrected chi connectivity index (χ0v) is 25.6. The van der Waals surface area contributed by atoms with E-state index in [-0.39, 0.29) is 23.6 Å². The molecule has 1 N–H and O–H groups in total. The Morgan fingerprint density at radius 1 is 1.05 bits per heavy atom. The number of benzene rings is 3. The molecule has 42 heavy (non-hydrogen) atoms. The van der Waals surface area contributed by atoms with Crippen LogP contribution in [-0.4, -0.2) is 47.5 Å². The molecule has 3 aromatic carbocycles. The number of carbonyl (C=O) groups excluding carboxylic acids is 2. The van der Waals surface area contributed by atoms with Crippen molar-refractivity contribution in [2.75, 3.05) is 31.4 Å². The summed E-state index contributed by atoms with van der Waals surface area (Å²) in [5.74, 6) is 0.567. The first-order valence-corrected chi connectivity index (χ1v) is 14.3. The van der Waals surface area contributed by atoms with E-state index in [0.29, 0.717) is 39.2 Å². The number of imidazole rings is 1. The lowest BCUT2D eigenvalue weighted by Gasteiger charge is -2.36. The van der Waals surface area contributed by atoms with Crippen LogP contribution in [0.2, 0.25) is 5.02 Å². The third-order valence-corrected chi connectivity index (χ3v) is 8.31. The highest BCUT2D eigenvalue weighted by Gasteiger charge is 2.64. The van der Waals surface area contributed by atoms with Gasteiger partial charge in [0.25, 0.3) is 11.8 Å². The van der Waals surface area contributed by atoms with Crippen LogP contribution in [0.25, 0.3) is 11.4 Å². The maximum atomic E-state index is 14.6. The fraction of sp³-hybridized carbons (Fsp3) is 0.303. The summed E-state index contributed by atoms with van der Waals surface area (Å²) >= 11 is 6.37. The number of nitrogens with zero attached hydrogens (tertiary/aromatic N) is 4. The van der Waals surface area contributed by atoms with Gasteiger partial charge < -0.3 is 19.5 Å². The van der Waals surface area contributed by atoms with Crippen molar-refractivity contribution < 1.29 is 14.3 Å². The minimum Gasteiger partial charge on any atom is -0.496 e. The molecule has 0 fully saturated rings. The number of hydrogen-bond donors (Lipinski definition) is 1. The van der Waals surface area contributed by atoms with E-state index in [9.17, 15) is 9.59 Å². The van der Waals surface area contributed by atoms with Gasteiger partial charge in [-0.3, -0.25) is 14.5 Å². The predicted octanol–water partition coefficient (Wildman–Crippen LogP) is 6.33. The minimum absolute atomic E-state index is 0.144. The molecule has 1 unspecified atom stereocenters. The topological polar surface area (TPSA) is 79.7 Å². The molecule has 4 aromatic rings. The van der Waals surface area contributed by atoms with Crippen molar-refractivity contribution in [1.29, 1.82) is 0 Å². The predicted molar refractivity (Wildman–Crippen MR) is 166 cm³/mol. The lowest BCUT2D eigenvalue weighted by Crippen LogP contribution is -2.51. The van der Waals surface area contributed by atoms with Crippen LogP contribution in [0.1, 0.15) is 58.3 Å². The molecule has 0 saturated heterocycles. The van der Waals surface area contributed by atoms with Gasteiger partial charge in [-0.1, -0.05) is 35.9 Å². The first-order chi connectivity index (χ1) is 20.0. The molecule has 9 heteroatoms. The molecule has 216 valence electrons. The van der Waals surface area contributed by atoms with Gasteiger partial charge >= 0.3 is 0 Å². The van der Waals surface area contributed by atoms with Crippen molar-refractivity contribution in [1.82, 2.24) is 14.5 Å². The Balaban J connectivity index is 1.68. The highest BCUT2D eigenvalue weighted by molar-refractivity contribution is 6.31. The molecule has 1 spiro atoms. The number of rotatable bonds is 6. The number of nitrogens with one attached hydrogen (secondary N) is 1. The van der Waals surface area contributed by atoms with Crippen LogP contribution < -0.4 is 15.0 Å². The molecule has 6 rings (SSSR count). The average molecular weight is 584 g/mol. The summed E-state index contributed by atoms with van der Waals surface area (Å²) in [4.78, 5) is 37.8. The van der Waals surface area contributed by atoms with E-state index in [2.05, 4.69) is 10.2 Å². The van der Waals surface area contributed by atoms with E-state index in [1.807, 2.05) is 88.8 Å². The van der Waals surface area contributed by atoms with Crippen LogP contribution in [0.5, 0.6) is 5.75 Å². The Morgan fingerprint density at radius 3 is 2.50 bits per heavy atom. The van der Waals surface area contributed by atoms with Gasteiger partial charge in [0.05, 0.1) is 18.4 Å². The third kappa shape index (κ3) is 3.96. The number of aromatic nitrogens is 2. The monoisotopic (exact) mass is 583 g/mol. The minimum atomic E-state index is -1.49. The van der Waals surface area contributed by atoms with Gasteiger partial charge in [0.2, 0.25) is 0 Å². The molecule has 1 aromatic heterocycles. The Kier molecular flexibility index (Phi) is 6.66. The van der Waals surface area contributed by atoms with Crippen LogP contribution in [0.15, 0.2) is 54.6 Å². The molecular formula is C33H34ClN5O3. The van der Waals surface area contributed by atoms with E-state index in [1.54, 1.807) is 24.1 Å². The fourth-order valence-electron chi connectivity index (χ4n) is 6.35. The summed E-state index contributed by atoms with van der Waals surface area (Å²) in [5.41, 5.74) is 4.89. The normalized spacial score (nSPS) is 17.4. The molecule has 0 radical (unpaired) electrons. The Bertz CT molecular complexity index is 1780. The maximum Gasteiger partial charge on any atom is 0.280 e. The Hall–Kier alpha value is -4.14. The third-order valence-electron chi connectivity index (χ3n) is 8.07. The first-order valence-electron chi connectivity index (χ1n) is 14.0. The van der Waals surface area contributed by atoms with Crippen molar-refractivity contribution in [2.45, 2.75) is 45.8 Å². The van der Waals surface area contributed by atoms with Crippen LogP contribution in [0.4, 0.5) is 11.4 Å². The number of fused-ring (bicyclic) bond motifs is 4. The van der Waals surface area contributed by atoms with Crippen LogP contribution in [0, 0.1) is 13.8 Å². The number of methoxy groups -OCH3 is 1. The summed E-state index contributed by atoms with van der Waals surface area (Å²) in [6.07, 6.45) is 0. The number of aryl methyl sites for hydroxylation is 2. The zero-order valence-electron chi connectivity index (χ0n) is 24.9. The molecule has 1 atom stereocenters. The van der Waals surface area contributed by atoms with Gasteiger partial charge in [0.1, 0.15) is 11.6 Å². The molecule has 0 bridgehead atoms. The highest BCUT2D eigenvalue weighted by Crippen LogP contribution is 2.55. The largest absolute Gasteiger partial charge is 0.496 e.